The molecule has 4 aliphatic carbocycles. The van der Waals surface area contributed by atoms with Crippen molar-refractivity contribution in [2.45, 2.75) is 50.9 Å². The van der Waals surface area contributed by atoms with E-state index in [0.717, 1.165) is 34.6 Å². The summed E-state index contributed by atoms with van der Waals surface area (Å²) >= 11 is 0. The van der Waals surface area contributed by atoms with Crippen LogP contribution in [0.3, 0.4) is 0 Å². The molecule has 1 aromatic rings. The summed E-state index contributed by atoms with van der Waals surface area (Å²) in [4.78, 5) is 11.8. The highest BCUT2D eigenvalue weighted by molar-refractivity contribution is 5.90. The lowest BCUT2D eigenvalue weighted by molar-refractivity contribution is -0.0191. The Bertz CT molecular complexity index is 676. The van der Waals surface area contributed by atoms with E-state index >= 15 is 0 Å². The van der Waals surface area contributed by atoms with E-state index in [-0.39, 0.29) is 12.2 Å². The molecule has 0 atom stereocenters. The van der Waals surface area contributed by atoms with E-state index in [1.807, 2.05) is 13.0 Å². The van der Waals surface area contributed by atoms with E-state index in [1.165, 1.54) is 38.5 Å². The molecular formula is C22H30O5. The van der Waals surface area contributed by atoms with E-state index < -0.39 is 5.97 Å². The molecule has 4 aliphatic rings. The van der Waals surface area contributed by atoms with Gasteiger partial charge in [0.25, 0.3) is 0 Å². The zero-order valence-corrected chi connectivity index (χ0v) is 16.3. The Labute approximate surface area is 161 Å². The zero-order chi connectivity index (χ0) is 19.0. The van der Waals surface area contributed by atoms with Gasteiger partial charge in [-0.15, -0.1) is 0 Å². The van der Waals surface area contributed by atoms with Crippen LogP contribution in [0.4, 0.5) is 0 Å². The van der Waals surface area contributed by atoms with Gasteiger partial charge in [0.05, 0.1) is 18.8 Å². The van der Waals surface area contributed by atoms with Crippen molar-refractivity contribution in [3.63, 3.8) is 0 Å². The molecule has 5 heteroatoms. The van der Waals surface area contributed by atoms with Crippen LogP contribution in [0.5, 0.6) is 5.75 Å². The Morgan fingerprint density at radius 1 is 1.11 bits per heavy atom. The lowest BCUT2D eigenvalue weighted by Gasteiger charge is -2.57. The molecule has 0 aromatic heterocycles. The molecule has 0 aliphatic heterocycles. The SMILES string of the molecule is COCCOCOc1ccc(C(=O)O)c(C)c1C12CC3CC(CC(C3)C1)C2. The van der Waals surface area contributed by atoms with Crippen molar-refractivity contribution in [3.8, 4) is 5.75 Å². The summed E-state index contributed by atoms with van der Waals surface area (Å²) < 4.78 is 16.5. The third kappa shape index (κ3) is 3.47. The van der Waals surface area contributed by atoms with Crippen LogP contribution in [0, 0.1) is 24.7 Å². The average Bonchev–Trinajstić information content (AvgIpc) is 2.60. The van der Waals surface area contributed by atoms with Crippen LogP contribution in [0.2, 0.25) is 0 Å². The normalized spacial score (nSPS) is 31.3. The van der Waals surface area contributed by atoms with Crippen molar-refractivity contribution >= 4 is 5.97 Å². The van der Waals surface area contributed by atoms with E-state index in [4.69, 9.17) is 14.2 Å². The first-order valence-electron chi connectivity index (χ1n) is 10.1. The van der Waals surface area contributed by atoms with E-state index in [0.29, 0.717) is 18.8 Å². The van der Waals surface area contributed by atoms with Gasteiger partial charge in [-0.2, -0.15) is 0 Å². The summed E-state index contributed by atoms with van der Waals surface area (Å²) in [6.45, 7) is 3.13. The Morgan fingerprint density at radius 2 is 1.74 bits per heavy atom. The zero-order valence-electron chi connectivity index (χ0n) is 16.3. The summed E-state index contributed by atoms with van der Waals surface area (Å²) in [7, 11) is 1.64. The van der Waals surface area contributed by atoms with E-state index in [9.17, 15) is 9.90 Å². The molecule has 4 fully saturated rings. The number of aromatic carboxylic acids is 1. The molecule has 0 spiro atoms. The van der Waals surface area contributed by atoms with Gasteiger partial charge in [0, 0.05) is 18.1 Å². The van der Waals surface area contributed by atoms with Gasteiger partial charge in [0.2, 0.25) is 0 Å². The van der Waals surface area contributed by atoms with Crippen molar-refractivity contribution < 1.29 is 24.1 Å². The molecule has 5 rings (SSSR count). The number of benzene rings is 1. The van der Waals surface area contributed by atoms with Crippen molar-refractivity contribution in [1.82, 2.24) is 0 Å². The molecular weight excluding hydrogens is 344 g/mol. The highest BCUT2D eigenvalue weighted by Gasteiger charge is 2.53. The van der Waals surface area contributed by atoms with Crippen LogP contribution in [-0.4, -0.2) is 38.2 Å². The largest absolute Gasteiger partial charge is 0.478 e. The van der Waals surface area contributed by atoms with Crippen molar-refractivity contribution in [2.75, 3.05) is 27.1 Å². The van der Waals surface area contributed by atoms with Gasteiger partial charge in [-0.1, -0.05) is 0 Å². The minimum absolute atomic E-state index is 0.0756. The fourth-order valence-corrected chi connectivity index (χ4v) is 6.42. The molecule has 148 valence electrons. The third-order valence-corrected chi connectivity index (χ3v) is 6.96. The van der Waals surface area contributed by atoms with E-state index in [2.05, 4.69) is 0 Å². The van der Waals surface area contributed by atoms with Gasteiger partial charge < -0.3 is 19.3 Å². The highest BCUT2D eigenvalue weighted by Crippen LogP contribution is 2.62. The first-order valence-corrected chi connectivity index (χ1v) is 10.1. The van der Waals surface area contributed by atoms with Gasteiger partial charge >= 0.3 is 5.97 Å². The molecule has 27 heavy (non-hydrogen) atoms. The van der Waals surface area contributed by atoms with Crippen molar-refractivity contribution in [2.24, 2.45) is 17.8 Å². The second-order valence-electron chi connectivity index (χ2n) is 8.78. The smallest absolute Gasteiger partial charge is 0.335 e. The summed E-state index contributed by atoms with van der Waals surface area (Å²) in [5, 5.41) is 9.66. The van der Waals surface area contributed by atoms with Crippen LogP contribution in [0.25, 0.3) is 0 Å². The highest BCUT2D eigenvalue weighted by atomic mass is 16.7. The number of ether oxygens (including phenoxy) is 3. The molecule has 0 amide bonds. The lowest BCUT2D eigenvalue weighted by atomic mass is 9.47. The number of carbonyl (C=O) groups is 1. The number of carboxylic acid groups (broad SMARTS) is 1. The van der Waals surface area contributed by atoms with Crippen LogP contribution in [-0.2, 0) is 14.9 Å². The molecule has 5 nitrogen and oxygen atoms in total. The average molecular weight is 374 g/mol. The molecule has 0 heterocycles. The summed E-state index contributed by atoms with van der Waals surface area (Å²) in [5.41, 5.74) is 2.48. The minimum Gasteiger partial charge on any atom is -0.478 e. The molecule has 1 N–H and O–H groups in total. The monoisotopic (exact) mass is 374 g/mol. The maximum absolute atomic E-state index is 11.8. The summed E-state index contributed by atoms with van der Waals surface area (Å²) in [5.74, 6) is 2.30. The topological polar surface area (TPSA) is 65.0 Å². The predicted molar refractivity (Wildman–Crippen MR) is 101 cm³/mol. The lowest BCUT2D eigenvalue weighted by Crippen LogP contribution is -2.49. The molecule has 0 unspecified atom stereocenters. The molecule has 1 aromatic carbocycles. The Hall–Kier alpha value is -1.59. The number of hydrogen-bond acceptors (Lipinski definition) is 4. The van der Waals surface area contributed by atoms with Crippen molar-refractivity contribution in [1.29, 1.82) is 0 Å². The number of rotatable bonds is 8. The first kappa shape index (κ1) is 18.8. The van der Waals surface area contributed by atoms with Gasteiger partial charge in [0.1, 0.15) is 5.75 Å². The van der Waals surface area contributed by atoms with Crippen molar-refractivity contribution in [3.05, 3.63) is 28.8 Å². The summed E-state index contributed by atoms with van der Waals surface area (Å²) in [6.07, 6.45) is 7.57. The standard InChI is InChI=1S/C22H30O5/c1-14-18(21(23)24)3-4-19(27-13-26-6-5-25-2)20(14)22-10-15-7-16(11-22)9-17(8-15)12-22/h3-4,15-17H,5-13H2,1-2H3,(H,23,24). The minimum atomic E-state index is -0.860. The first-order chi connectivity index (χ1) is 13.0. The predicted octanol–water partition coefficient (Wildman–Crippen LogP) is 4.16. The second-order valence-corrected chi connectivity index (χ2v) is 8.78. The fraction of sp³-hybridized carbons (Fsp3) is 0.682. The maximum Gasteiger partial charge on any atom is 0.335 e. The Kier molecular flexibility index (Phi) is 5.17. The van der Waals surface area contributed by atoms with Gasteiger partial charge in [-0.3, -0.25) is 0 Å². The van der Waals surface area contributed by atoms with E-state index in [1.54, 1.807) is 13.2 Å². The number of hydrogen-bond donors (Lipinski definition) is 1. The second kappa shape index (κ2) is 7.44. The number of methoxy groups -OCH3 is 1. The van der Waals surface area contributed by atoms with Gasteiger partial charge in [0.15, 0.2) is 6.79 Å². The quantitative estimate of drug-likeness (QED) is 0.547. The van der Waals surface area contributed by atoms with Crippen LogP contribution < -0.4 is 4.74 Å². The number of carboxylic acids is 1. The maximum atomic E-state index is 11.8. The molecule has 4 saturated carbocycles. The molecule has 0 radical (unpaired) electrons. The molecule has 0 saturated heterocycles. The molecule has 4 bridgehead atoms. The fourth-order valence-electron chi connectivity index (χ4n) is 6.42. The van der Waals surface area contributed by atoms with Gasteiger partial charge in [-0.25, -0.2) is 4.79 Å². The Morgan fingerprint density at radius 3 is 2.30 bits per heavy atom. The van der Waals surface area contributed by atoms with Crippen LogP contribution >= 0.6 is 0 Å². The van der Waals surface area contributed by atoms with Crippen LogP contribution in [0.15, 0.2) is 12.1 Å². The van der Waals surface area contributed by atoms with Crippen LogP contribution in [0.1, 0.15) is 60.0 Å². The van der Waals surface area contributed by atoms with Gasteiger partial charge in [-0.05, 0) is 80.9 Å². The third-order valence-electron chi connectivity index (χ3n) is 6.96. The Balaban J connectivity index is 1.66. The summed E-state index contributed by atoms with van der Waals surface area (Å²) in [6, 6.07) is 3.51.